The molecule has 3 amide bonds. The van der Waals surface area contributed by atoms with Crippen molar-refractivity contribution < 1.29 is 14.4 Å². The number of carbonyl (C=O) groups is 3. The molecular weight excluding hydrogens is 469 g/mol. The second-order valence-electron chi connectivity index (χ2n) is 6.49. The van der Waals surface area contributed by atoms with Gasteiger partial charge in [0.2, 0.25) is 17.7 Å². The molecule has 0 aromatic heterocycles. The van der Waals surface area contributed by atoms with Crippen molar-refractivity contribution in [2.45, 2.75) is 23.5 Å². The Morgan fingerprint density at radius 1 is 1.17 bits per heavy atom. The predicted octanol–water partition coefficient (Wildman–Crippen LogP) is 4.94. The van der Waals surface area contributed by atoms with Gasteiger partial charge in [-0.25, -0.2) is 0 Å². The lowest BCUT2D eigenvalue weighted by Gasteiger charge is -2.26. The summed E-state index contributed by atoms with van der Waals surface area (Å²) in [5, 5.41) is 5.94. The van der Waals surface area contributed by atoms with Crippen molar-refractivity contribution in [2.75, 3.05) is 23.7 Å². The van der Waals surface area contributed by atoms with Crippen LogP contribution in [-0.4, -0.2) is 41.0 Å². The van der Waals surface area contributed by atoms with Gasteiger partial charge in [-0.1, -0.05) is 40.9 Å². The third kappa shape index (κ3) is 5.40. The first-order chi connectivity index (χ1) is 14.3. The highest BCUT2D eigenvalue weighted by molar-refractivity contribution is 8.01. The van der Waals surface area contributed by atoms with Gasteiger partial charge in [0, 0.05) is 22.9 Å². The number of likely N-dealkylation sites (N-methyl/N-ethyl adjacent to an activating group) is 1. The van der Waals surface area contributed by atoms with Gasteiger partial charge in [-0.15, -0.1) is 11.8 Å². The number of benzene rings is 2. The van der Waals surface area contributed by atoms with Crippen molar-refractivity contribution in [1.82, 2.24) is 4.90 Å². The van der Waals surface area contributed by atoms with Gasteiger partial charge in [-0.2, -0.15) is 0 Å². The van der Waals surface area contributed by atoms with E-state index in [9.17, 15) is 14.4 Å². The van der Waals surface area contributed by atoms with E-state index in [0.29, 0.717) is 33.0 Å². The number of para-hydroxylation sites is 1. The fraction of sp³-hybridized carbons (Fsp3) is 0.250. The first kappa shape index (κ1) is 22.7. The standard InChI is InChI=1S/C20H18Cl3N3O3S/c1-2-26(10-17(27)25-19-12(22)4-3-5-13(19)23)18(28)9-16-20(29)24-14-8-11(21)6-7-15(14)30-16/h3-8,16H,2,9-10H2,1H3,(H,24,29)(H,25,27)/t16-/m1/s1. The average Bonchev–Trinajstić information content (AvgIpc) is 2.69. The summed E-state index contributed by atoms with van der Waals surface area (Å²) < 4.78 is 0. The molecular formula is C20H18Cl3N3O3S. The van der Waals surface area contributed by atoms with Gasteiger partial charge in [-0.3, -0.25) is 14.4 Å². The Morgan fingerprint density at radius 2 is 1.87 bits per heavy atom. The van der Waals surface area contributed by atoms with E-state index in [-0.39, 0.29) is 24.8 Å². The Balaban J connectivity index is 1.63. The Morgan fingerprint density at radius 3 is 2.53 bits per heavy atom. The number of carbonyl (C=O) groups excluding carboxylic acids is 3. The van der Waals surface area contributed by atoms with Gasteiger partial charge < -0.3 is 15.5 Å². The van der Waals surface area contributed by atoms with Crippen LogP contribution in [-0.2, 0) is 14.4 Å². The van der Waals surface area contributed by atoms with Crippen LogP contribution in [0.15, 0.2) is 41.3 Å². The zero-order valence-corrected chi connectivity index (χ0v) is 19.0. The number of amides is 3. The minimum Gasteiger partial charge on any atom is -0.334 e. The minimum absolute atomic E-state index is 0.0352. The highest BCUT2D eigenvalue weighted by Crippen LogP contribution is 2.38. The van der Waals surface area contributed by atoms with Gasteiger partial charge in [0.25, 0.3) is 0 Å². The molecule has 1 aliphatic heterocycles. The predicted molar refractivity (Wildman–Crippen MR) is 122 cm³/mol. The number of hydrogen-bond acceptors (Lipinski definition) is 4. The summed E-state index contributed by atoms with van der Waals surface area (Å²) in [5.74, 6) is -1.00. The molecule has 0 bridgehead atoms. The molecule has 6 nitrogen and oxygen atoms in total. The van der Waals surface area contributed by atoms with Crippen LogP contribution in [0.1, 0.15) is 13.3 Å². The Hall–Kier alpha value is -1.93. The molecule has 1 heterocycles. The summed E-state index contributed by atoms with van der Waals surface area (Å²) in [5.41, 5.74) is 0.927. The van der Waals surface area contributed by atoms with Gasteiger partial charge in [0.1, 0.15) is 0 Å². The number of thioether (sulfide) groups is 1. The van der Waals surface area contributed by atoms with Crippen LogP contribution in [0.25, 0.3) is 0 Å². The van der Waals surface area contributed by atoms with Crippen LogP contribution in [0, 0.1) is 0 Å². The van der Waals surface area contributed by atoms with Gasteiger partial charge in [0.15, 0.2) is 0 Å². The van der Waals surface area contributed by atoms with Crippen molar-refractivity contribution in [3.8, 4) is 0 Å². The molecule has 2 N–H and O–H groups in total. The minimum atomic E-state index is -0.596. The summed E-state index contributed by atoms with van der Waals surface area (Å²) in [4.78, 5) is 39.8. The van der Waals surface area contributed by atoms with E-state index >= 15 is 0 Å². The number of anilines is 2. The van der Waals surface area contributed by atoms with E-state index < -0.39 is 11.2 Å². The molecule has 0 saturated carbocycles. The van der Waals surface area contributed by atoms with E-state index in [2.05, 4.69) is 10.6 Å². The summed E-state index contributed by atoms with van der Waals surface area (Å²) in [6.45, 7) is 1.90. The second-order valence-corrected chi connectivity index (χ2v) is 8.99. The molecule has 0 saturated heterocycles. The third-order valence-electron chi connectivity index (χ3n) is 4.42. The SMILES string of the molecule is CCN(CC(=O)Nc1c(Cl)cccc1Cl)C(=O)C[C@H]1Sc2ccc(Cl)cc2NC1=O. The van der Waals surface area contributed by atoms with Crippen molar-refractivity contribution >= 4 is 75.7 Å². The van der Waals surface area contributed by atoms with Crippen LogP contribution < -0.4 is 10.6 Å². The van der Waals surface area contributed by atoms with E-state index in [1.165, 1.54) is 16.7 Å². The zero-order valence-electron chi connectivity index (χ0n) is 15.9. The number of fused-ring (bicyclic) bond motifs is 1. The van der Waals surface area contributed by atoms with Crippen molar-refractivity contribution in [3.05, 3.63) is 51.5 Å². The first-order valence-electron chi connectivity index (χ1n) is 9.07. The zero-order chi connectivity index (χ0) is 21.8. The average molecular weight is 487 g/mol. The third-order valence-corrected chi connectivity index (χ3v) is 6.56. The van der Waals surface area contributed by atoms with Crippen molar-refractivity contribution in [1.29, 1.82) is 0 Å². The number of rotatable bonds is 6. The Bertz CT molecular complexity index is 982. The highest BCUT2D eigenvalue weighted by atomic mass is 35.5. The molecule has 2 aromatic carbocycles. The quantitative estimate of drug-likeness (QED) is 0.606. The summed E-state index contributed by atoms with van der Waals surface area (Å²) in [7, 11) is 0. The lowest BCUT2D eigenvalue weighted by Crippen LogP contribution is -2.41. The number of nitrogens with zero attached hydrogens (tertiary/aromatic N) is 1. The molecule has 0 spiro atoms. The summed E-state index contributed by atoms with van der Waals surface area (Å²) in [6, 6.07) is 10.1. The maximum Gasteiger partial charge on any atom is 0.244 e. The molecule has 10 heteroatoms. The summed E-state index contributed by atoms with van der Waals surface area (Å²) in [6.07, 6.45) is -0.0352. The Labute approximate surface area is 193 Å². The molecule has 0 unspecified atom stereocenters. The fourth-order valence-electron chi connectivity index (χ4n) is 2.89. The van der Waals surface area contributed by atoms with E-state index in [1.54, 1.807) is 43.3 Å². The molecule has 158 valence electrons. The first-order valence-corrected chi connectivity index (χ1v) is 11.1. The van der Waals surface area contributed by atoms with Crippen LogP contribution in [0.2, 0.25) is 15.1 Å². The smallest absolute Gasteiger partial charge is 0.244 e. The number of halogens is 3. The van der Waals surface area contributed by atoms with Crippen molar-refractivity contribution in [3.63, 3.8) is 0 Å². The molecule has 2 aromatic rings. The molecule has 0 aliphatic carbocycles. The largest absolute Gasteiger partial charge is 0.334 e. The molecule has 0 radical (unpaired) electrons. The molecule has 30 heavy (non-hydrogen) atoms. The van der Waals surface area contributed by atoms with Crippen LogP contribution in [0.4, 0.5) is 11.4 Å². The van der Waals surface area contributed by atoms with E-state index in [1.807, 2.05) is 0 Å². The number of hydrogen-bond donors (Lipinski definition) is 2. The highest BCUT2D eigenvalue weighted by Gasteiger charge is 2.31. The van der Waals surface area contributed by atoms with E-state index in [4.69, 9.17) is 34.8 Å². The molecule has 1 aliphatic rings. The van der Waals surface area contributed by atoms with Crippen LogP contribution in [0.5, 0.6) is 0 Å². The second kappa shape index (κ2) is 9.92. The molecule has 1 atom stereocenters. The maximum atomic E-state index is 12.8. The lowest BCUT2D eigenvalue weighted by atomic mass is 10.2. The maximum absolute atomic E-state index is 12.8. The lowest BCUT2D eigenvalue weighted by molar-refractivity contribution is -0.135. The van der Waals surface area contributed by atoms with Crippen LogP contribution in [0.3, 0.4) is 0 Å². The fourth-order valence-corrected chi connectivity index (χ4v) is 4.64. The normalized spacial score (nSPS) is 15.2. The molecule has 0 fully saturated rings. The molecule has 3 rings (SSSR count). The topological polar surface area (TPSA) is 78.5 Å². The van der Waals surface area contributed by atoms with Crippen LogP contribution >= 0.6 is 46.6 Å². The van der Waals surface area contributed by atoms with Gasteiger partial charge in [-0.05, 0) is 37.3 Å². The Kier molecular flexibility index (Phi) is 7.52. The van der Waals surface area contributed by atoms with Crippen molar-refractivity contribution in [2.24, 2.45) is 0 Å². The van der Waals surface area contributed by atoms with E-state index in [0.717, 1.165) is 4.90 Å². The summed E-state index contributed by atoms with van der Waals surface area (Å²) >= 11 is 19.4. The monoisotopic (exact) mass is 485 g/mol. The van der Waals surface area contributed by atoms with Gasteiger partial charge in [0.05, 0.1) is 33.2 Å². The van der Waals surface area contributed by atoms with Gasteiger partial charge >= 0.3 is 0 Å². The number of nitrogens with one attached hydrogen (secondary N) is 2.